The lowest BCUT2D eigenvalue weighted by Gasteiger charge is -2.22. The number of thioether (sulfide) groups is 1. The number of nitrogens with zero attached hydrogens (tertiary/aromatic N) is 1. The summed E-state index contributed by atoms with van der Waals surface area (Å²) in [6.07, 6.45) is -1.64. The van der Waals surface area contributed by atoms with E-state index >= 15 is 0 Å². The van der Waals surface area contributed by atoms with Gasteiger partial charge in [0.25, 0.3) is 5.56 Å². The summed E-state index contributed by atoms with van der Waals surface area (Å²) in [5.74, 6) is -2.24. The standard InChI is InChI=1S/C26H23F3N4O2S/c27-26(28,29)20(14-17-4-3-13-36-17)25(35)32-16-9-7-15(8-10-16)31-21-11-12-30-23-22(21)18-5-1-2-6-19(18)24(34)33-23/h1-2,5-12,17,20H,3-4,13-14H2,(H,32,35)(H2,30,31,33,34). The Morgan fingerprint density at radius 1 is 1.08 bits per heavy atom. The van der Waals surface area contributed by atoms with E-state index in [4.69, 9.17) is 0 Å². The molecule has 0 aliphatic carbocycles. The number of halogens is 3. The molecule has 2 atom stereocenters. The van der Waals surface area contributed by atoms with Crippen molar-refractivity contribution in [3.63, 3.8) is 0 Å². The zero-order valence-corrected chi connectivity index (χ0v) is 19.9. The van der Waals surface area contributed by atoms with Crippen molar-refractivity contribution >= 4 is 56.5 Å². The topological polar surface area (TPSA) is 86.9 Å². The lowest BCUT2D eigenvalue weighted by atomic mass is 9.99. The molecule has 1 fully saturated rings. The van der Waals surface area contributed by atoms with Crippen molar-refractivity contribution in [3.05, 3.63) is 71.1 Å². The van der Waals surface area contributed by atoms with Crippen LogP contribution in [-0.2, 0) is 4.79 Å². The molecule has 2 aromatic carbocycles. The van der Waals surface area contributed by atoms with Crippen LogP contribution in [0, 0.1) is 5.92 Å². The molecule has 1 amide bonds. The molecule has 1 aliphatic heterocycles. The second kappa shape index (κ2) is 9.85. The van der Waals surface area contributed by atoms with Gasteiger partial charge in [-0.2, -0.15) is 24.9 Å². The number of nitrogens with one attached hydrogen (secondary N) is 3. The Hall–Kier alpha value is -3.53. The Morgan fingerprint density at radius 2 is 1.81 bits per heavy atom. The summed E-state index contributed by atoms with van der Waals surface area (Å²) >= 11 is 1.50. The van der Waals surface area contributed by atoms with Gasteiger partial charge in [-0.25, -0.2) is 4.98 Å². The fourth-order valence-corrected chi connectivity index (χ4v) is 5.84. The van der Waals surface area contributed by atoms with Crippen molar-refractivity contribution in [2.45, 2.75) is 30.7 Å². The predicted molar refractivity (Wildman–Crippen MR) is 138 cm³/mol. The maximum absolute atomic E-state index is 13.6. The SMILES string of the molecule is O=C(Nc1ccc(Nc2ccnc3[nH]c(=O)c4ccccc4c23)cc1)C(CC1CCCS1)C(F)(F)F. The number of aromatic nitrogens is 2. The molecule has 2 aromatic heterocycles. The molecule has 4 aromatic rings. The number of anilines is 3. The Kier molecular flexibility index (Phi) is 6.61. The van der Waals surface area contributed by atoms with Gasteiger partial charge >= 0.3 is 6.18 Å². The van der Waals surface area contributed by atoms with Crippen molar-refractivity contribution in [1.82, 2.24) is 9.97 Å². The van der Waals surface area contributed by atoms with Crippen molar-refractivity contribution in [1.29, 1.82) is 0 Å². The van der Waals surface area contributed by atoms with E-state index in [-0.39, 0.29) is 22.9 Å². The number of amides is 1. The first kappa shape index (κ1) is 24.2. The molecule has 0 saturated carbocycles. The summed E-state index contributed by atoms with van der Waals surface area (Å²) in [5, 5.41) is 7.58. The highest BCUT2D eigenvalue weighted by atomic mass is 32.2. The summed E-state index contributed by atoms with van der Waals surface area (Å²) in [6.45, 7) is 0. The molecule has 186 valence electrons. The number of rotatable bonds is 6. The molecule has 0 bridgehead atoms. The monoisotopic (exact) mass is 512 g/mol. The molecule has 36 heavy (non-hydrogen) atoms. The number of benzene rings is 2. The normalized spacial score (nSPS) is 16.8. The smallest absolute Gasteiger partial charge is 0.355 e. The highest BCUT2D eigenvalue weighted by Crippen LogP contribution is 2.38. The maximum Gasteiger partial charge on any atom is 0.400 e. The van der Waals surface area contributed by atoms with Gasteiger partial charge in [-0.1, -0.05) is 18.2 Å². The molecule has 1 saturated heterocycles. The summed E-state index contributed by atoms with van der Waals surface area (Å²) in [7, 11) is 0. The van der Waals surface area contributed by atoms with Crippen molar-refractivity contribution in [3.8, 4) is 0 Å². The third kappa shape index (κ3) is 5.04. The number of carbonyl (C=O) groups excluding carboxylic acids is 1. The van der Waals surface area contributed by atoms with Crippen LogP contribution >= 0.6 is 11.8 Å². The van der Waals surface area contributed by atoms with E-state index in [1.54, 1.807) is 48.7 Å². The van der Waals surface area contributed by atoms with E-state index < -0.39 is 18.0 Å². The van der Waals surface area contributed by atoms with Gasteiger partial charge in [-0.3, -0.25) is 9.59 Å². The van der Waals surface area contributed by atoms with Crippen LogP contribution in [0.5, 0.6) is 0 Å². The molecule has 2 unspecified atom stereocenters. The molecule has 0 spiro atoms. The number of alkyl halides is 3. The van der Waals surface area contributed by atoms with Crippen molar-refractivity contribution in [2.24, 2.45) is 5.92 Å². The van der Waals surface area contributed by atoms with Gasteiger partial charge in [0.2, 0.25) is 5.91 Å². The van der Waals surface area contributed by atoms with E-state index in [0.717, 1.165) is 22.9 Å². The first-order valence-corrected chi connectivity index (χ1v) is 12.6. The third-order valence-corrected chi connectivity index (χ3v) is 7.71. The minimum atomic E-state index is -4.60. The second-order valence-corrected chi connectivity index (χ2v) is 10.1. The van der Waals surface area contributed by atoms with Crippen LogP contribution in [0.15, 0.2) is 65.6 Å². The number of fused-ring (bicyclic) bond motifs is 3. The van der Waals surface area contributed by atoms with Crippen LogP contribution in [0.1, 0.15) is 19.3 Å². The van der Waals surface area contributed by atoms with Crippen LogP contribution in [0.2, 0.25) is 0 Å². The Balaban J connectivity index is 1.35. The Morgan fingerprint density at radius 3 is 2.50 bits per heavy atom. The molecule has 3 N–H and O–H groups in total. The van der Waals surface area contributed by atoms with Gasteiger partial charge in [0.15, 0.2) is 0 Å². The van der Waals surface area contributed by atoms with Crippen LogP contribution in [-0.4, -0.2) is 33.1 Å². The maximum atomic E-state index is 13.6. The number of H-pyrrole nitrogens is 1. The molecule has 1 aliphatic rings. The van der Waals surface area contributed by atoms with Gasteiger partial charge in [0.05, 0.1) is 5.69 Å². The first-order chi connectivity index (χ1) is 17.3. The summed E-state index contributed by atoms with van der Waals surface area (Å²) in [5.41, 5.74) is 1.85. The van der Waals surface area contributed by atoms with Gasteiger partial charge in [0.1, 0.15) is 11.6 Å². The zero-order valence-electron chi connectivity index (χ0n) is 19.1. The van der Waals surface area contributed by atoms with E-state index in [1.807, 2.05) is 12.1 Å². The fraction of sp³-hybridized carbons (Fsp3) is 0.269. The van der Waals surface area contributed by atoms with E-state index in [1.165, 1.54) is 11.8 Å². The Bertz CT molecular complexity index is 1460. The molecular formula is C26H23F3N4O2S. The Labute approximate surface area is 208 Å². The summed E-state index contributed by atoms with van der Waals surface area (Å²) in [6, 6.07) is 15.4. The summed E-state index contributed by atoms with van der Waals surface area (Å²) < 4.78 is 40.8. The number of hydrogen-bond acceptors (Lipinski definition) is 5. The zero-order chi connectivity index (χ0) is 25.3. The minimum Gasteiger partial charge on any atom is -0.355 e. The lowest BCUT2D eigenvalue weighted by Crippen LogP contribution is -2.36. The van der Waals surface area contributed by atoms with E-state index in [0.29, 0.717) is 28.8 Å². The van der Waals surface area contributed by atoms with Crippen LogP contribution in [0.25, 0.3) is 21.8 Å². The average Bonchev–Trinajstić information content (AvgIpc) is 3.37. The van der Waals surface area contributed by atoms with Gasteiger partial charge < -0.3 is 15.6 Å². The first-order valence-electron chi connectivity index (χ1n) is 11.6. The van der Waals surface area contributed by atoms with E-state index in [2.05, 4.69) is 20.6 Å². The highest BCUT2D eigenvalue weighted by Gasteiger charge is 2.46. The minimum absolute atomic E-state index is 0.143. The van der Waals surface area contributed by atoms with E-state index in [9.17, 15) is 22.8 Å². The van der Waals surface area contributed by atoms with Crippen LogP contribution < -0.4 is 16.2 Å². The predicted octanol–water partition coefficient (Wildman–Crippen LogP) is 6.22. The molecule has 5 rings (SSSR count). The molecule has 3 heterocycles. The molecule has 6 nitrogen and oxygen atoms in total. The van der Waals surface area contributed by atoms with Crippen molar-refractivity contribution in [2.75, 3.05) is 16.4 Å². The molecule has 0 radical (unpaired) electrons. The van der Waals surface area contributed by atoms with Crippen molar-refractivity contribution < 1.29 is 18.0 Å². The van der Waals surface area contributed by atoms with Gasteiger partial charge in [-0.05, 0) is 61.4 Å². The van der Waals surface area contributed by atoms with Crippen LogP contribution in [0.3, 0.4) is 0 Å². The van der Waals surface area contributed by atoms with Gasteiger partial charge in [0, 0.05) is 39.0 Å². The number of hydrogen-bond donors (Lipinski definition) is 3. The van der Waals surface area contributed by atoms with Gasteiger partial charge in [-0.15, -0.1) is 0 Å². The lowest BCUT2D eigenvalue weighted by molar-refractivity contribution is -0.180. The second-order valence-electron chi connectivity index (χ2n) is 8.74. The number of aromatic amines is 1. The fourth-order valence-electron chi connectivity index (χ4n) is 4.51. The highest BCUT2D eigenvalue weighted by molar-refractivity contribution is 8.00. The van der Waals surface area contributed by atoms with Crippen LogP contribution in [0.4, 0.5) is 30.2 Å². The third-order valence-electron chi connectivity index (χ3n) is 6.29. The number of pyridine rings is 2. The molecule has 10 heteroatoms. The molecular weight excluding hydrogens is 489 g/mol. The average molecular weight is 513 g/mol. The summed E-state index contributed by atoms with van der Waals surface area (Å²) in [4.78, 5) is 32.0. The largest absolute Gasteiger partial charge is 0.400 e. The quantitative estimate of drug-likeness (QED) is 0.267. The number of carbonyl (C=O) groups is 1.